The number of amides is 1. The van der Waals surface area contributed by atoms with E-state index in [9.17, 15) is 18.7 Å². The smallest absolute Gasteiger partial charge is 0.245 e. The van der Waals surface area contributed by atoms with Crippen LogP contribution >= 0.6 is 0 Å². The van der Waals surface area contributed by atoms with Crippen molar-refractivity contribution < 1.29 is 18.7 Å². The predicted molar refractivity (Wildman–Crippen MR) is 122 cm³/mol. The number of nitrogen functional groups attached to an aromatic ring is 1. The Morgan fingerprint density at radius 2 is 2.06 bits per heavy atom. The van der Waals surface area contributed by atoms with Crippen molar-refractivity contribution in [2.24, 2.45) is 0 Å². The van der Waals surface area contributed by atoms with Crippen molar-refractivity contribution in [2.75, 3.05) is 25.9 Å². The Labute approximate surface area is 195 Å². The van der Waals surface area contributed by atoms with E-state index in [0.717, 1.165) is 12.1 Å². The first-order valence-corrected chi connectivity index (χ1v) is 11.0. The van der Waals surface area contributed by atoms with Gasteiger partial charge in [-0.2, -0.15) is 4.52 Å². The number of likely N-dealkylation sites (N-methyl/N-ethyl adjacent to an activating group) is 1. The van der Waals surface area contributed by atoms with Gasteiger partial charge in [-0.1, -0.05) is 0 Å². The molecule has 182 valence electrons. The molecule has 0 fully saturated rings. The van der Waals surface area contributed by atoms with Gasteiger partial charge < -0.3 is 20.7 Å². The minimum Gasteiger partial charge on any atom is -0.389 e. The van der Waals surface area contributed by atoms with Gasteiger partial charge in [-0.05, 0) is 38.8 Å². The summed E-state index contributed by atoms with van der Waals surface area (Å²) < 4.78 is 29.1. The number of aryl methyl sites for hydroxylation is 1. The Bertz CT molecular complexity index is 1250. The number of β-amino-alcohol motifs (C(OH)–C–C–N with tert-alkyl or cyclic N) is 1. The normalized spacial score (nSPS) is 16.2. The highest BCUT2D eigenvalue weighted by Crippen LogP contribution is 2.23. The fraction of sp³-hybridized carbons (Fsp3) is 0.455. The van der Waals surface area contributed by atoms with E-state index in [2.05, 4.69) is 20.5 Å². The van der Waals surface area contributed by atoms with Gasteiger partial charge in [0, 0.05) is 32.3 Å². The van der Waals surface area contributed by atoms with Crippen LogP contribution in [0, 0.1) is 11.6 Å². The molecule has 0 saturated carbocycles. The minimum absolute atomic E-state index is 0.0344. The maximum Gasteiger partial charge on any atom is 0.245 e. The summed E-state index contributed by atoms with van der Waals surface area (Å²) in [4.78, 5) is 22.7. The molecule has 10 nitrogen and oxygen atoms in total. The maximum atomic E-state index is 14.1. The van der Waals surface area contributed by atoms with E-state index in [0.29, 0.717) is 38.2 Å². The molecule has 1 aliphatic rings. The molecule has 0 spiro atoms. The van der Waals surface area contributed by atoms with Gasteiger partial charge >= 0.3 is 0 Å². The lowest BCUT2D eigenvalue weighted by Gasteiger charge is -2.27. The van der Waals surface area contributed by atoms with Crippen LogP contribution in [-0.2, 0) is 11.2 Å². The number of nitrogens with two attached hydrogens (primary N) is 1. The predicted octanol–water partition coefficient (Wildman–Crippen LogP) is 1.39. The van der Waals surface area contributed by atoms with Crippen molar-refractivity contribution in [3.63, 3.8) is 0 Å². The number of unbranched alkanes of at least 4 members (excludes halogenated alkanes) is 1. The highest BCUT2D eigenvalue weighted by Gasteiger charge is 2.27. The van der Waals surface area contributed by atoms with Crippen molar-refractivity contribution in [1.82, 2.24) is 34.9 Å². The highest BCUT2D eigenvalue weighted by atomic mass is 19.1. The summed E-state index contributed by atoms with van der Waals surface area (Å²) in [6.45, 7) is 4.29. The van der Waals surface area contributed by atoms with Gasteiger partial charge in [-0.3, -0.25) is 4.79 Å². The molecule has 4 N–H and O–H groups in total. The molecule has 1 aliphatic heterocycles. The number of fused-ring (bicyclic) bond motifs is 3. The number of hydrogen-bond acceptors (Lipinski definition) is 8. The SMILES string of the molecule is CN(CCCCc1nc2c3cc(F)cc(F)c3nc(N)n2n1)C(=O)C1C=CN(CC(C)(C)O)N1. The third-order valence-electron chi connectivity index (χ3n) is 5.47. The number of hydrogen-bond donors (Lipinski definition) is 3. The van der Waals surface area contributed by atoms with Crippen LogP contribution in [0.2, 0.25) is 0 Å². The molecule has 0 radical (unpaired) electrons. The first-order valence-electron chi connectivity index (χ1n) is 11.0. The van der Waals surface area contributed by atoms with E-state index in [-0.39, 0.29) is 28.4 Å². The van der Waals surface area contributed by atoms with Gasteiger partial charge in [0.15, 0.2) is 17.3 Å². The molecule has 0 bridgehead atoms. The molecule has 34 heavy (non-hydrogen) atoms. The molecule has 1 unspecified atom stereocenters. The second-order valence-electron chi connectivity index (χ2n) is 9.12. The summed E-state index contributed by atoms with van der Waals surface area (Å²) in [5.41, 5.74) is 8.26. The molecular formula is C22H28F2N8O2. The number of anilines is 1. The van der Waals surface area contributed by atoms with Gasteiger partial charge in [0.2, 0.25) is 11.9 Å². The number of hydrazine groups is 1. The molecule has 3 aromatic rings. The van der Waals surface area contributed by atoms with Gasteiger partial charge in [0.25, 0.3) is 0 Å². The fourth-order valence-corrected chi connectivity index (χ4v) is 3.89. The third-order valence-corrected chi connectivity index (χ3v) is 5.47. The van der Waals surface area contributed by atoms with Crippen LogP contribution in [0.3, 0.4) is 0 Å². The Morgan fingerprint density at radius 3 is 2.79 bits per heavy atom. The van der Waals surface area contributed by atoms with Gasteiger partial charge in [-0.25, -0.2) is 24.2 Å². The number of halogens is 2. The number of nitrogens with zero attached hydrogens (tertiary/aromatic N) is 6. The number of rotatable bonds is 8. The summed E-state index contributed by atoms with van der Waals surface area (Å²) in [6.07, 6.45) is 5.43. The largest absolute Gasteiger partial charge is 0.389 e. The van der Waals surface area contributed by atoms with E-state index in [1.807, 2.05) is 0 Å². The van der Waals surface area contributed by atoms with Crippen LogP contribution in [0.25, 0.3) is 16.6 Å². The van der Waals surface area contributed by atoms with E-state index in [1.165, 1.54) is 4.52 Å². The van der Waals surface area contributed by atoms with Crippen LogP contribution in [0.15, 0.2) is 24.4 Å². The maximum absolute atomic E-state index is 14.1. The number of nitrogens with one attached hydrogen (secondary N) is 1. The molecule has 3 heterocycles. The third kappa shape index (κ3) is 5.07. The zero-order chi connectivity index (χ0) is 24.6. The lowest BCUT2D eigenvalue weighted by atomic mass is 10.1. The van der Waals surface area contributed by atoms with E-state index < -0.39 is 23.3 Å². The Kier molecular flexibility index (Phi) is 6.36. The molecular weight excluding hydrogens is 446 g/mol. The van der Waals surface area contributed by atoms with E-state index >= 15 is 0 Å². The van der Waals surface area contributed by atoms with Crippen molar-refractivity contribution in [3.05, 3.63) is 41.9 Å². The molecule has 2 aromatic heterocycles. The van der Waals surface area contributed by atoms with Crippen LogP contribution in [0.4, 0.5) is 14.7 Å². The van der Waals surface area contributed by atoms with E-state index in [1.54, 1.807) is 43.1 Å². The van der Waals surface area contributed by atoms with E-state index in [4.69, 9.17) is 5.73 Å². The van der Waals surface area contributed by atoms with Crippen molar-refractivity contribution in [1.29, 1.82) is 0 Å². The average Bonchev–Trinajstić information content (AvgIpc) is 3.38. The molecule has 1 amide bonds. The first kappa shape index (κ1) is 23.8. The van der Waals surface area contributed by atoms with Crippen molar-refractivity contribution in [2.45, 2.75) is 44.8 Å². The summed E-state index contributed by atoms with van der Waals surface area (Å²) in [7, 11) is 1.74. The highest BCUT2D eigenvalue weighted by molar-refractivity contribution is 5.92. The molecule has 4 rings (SSSR count). The van der Waals surface area contributed by atoms with Crippen LogP contribution in [0.1, 0.15) is 32.5 Å². The summed E-state index contributed by atoms with van der Waals surface area (Å²) >= 11 is 0. The van der Waals surface area contributed by atoms with Crippen LogP contribution in [0.5, 0.6) is 0 Å². The van der Waals surface area contributed by atoms with Crippen molar-refractivity contribution in [3.8, 4) is 0 Å². The zero-order valence-electron chi connectivity index (χ0n) is 19.3. The van der Waals surface area contributed by atoms with Gasteiger partial charge in [-0.15, -0.1) is 5.10 Å². The molecule has 0 aliphatic carbocycles. The molecule has 1 aromatic carbocycles. The number of aromatic nitrogens is 4. The summed E-state index contributed by atoms with van der Waals surface area (Å²) in [5.74, 6) is -1.17. The monoisotopic (exact) mass is 474 g/mol. The van der Waals surface area contributed by atoms with Crippen LogP contribution < -0.4 is 11.2 Å². The lowest BCUT2D eigenvalue weighted by molar-refractivity contribution is -0.131. The number of carbonyl (C=O) groups is 1. The van der Waals surface area contributed by atoms with Gasteiger partial charge in [0.1, 0.15) is 17.4 Å². The number of carbonyl (C=O) groups excluding carboxylic acids is 1. The number of aliphatic hydroxyl groups is 1. The topological polar surface area (TPSA) is 125 Å². The first-order chi connectivity index (χ1) is 16.0. The molecule has 1 atom stereocenters. The average molecular weight is 475 g/mol. The molecule has 12 heteroatoms. The summed E-state index contributed by atoms with van der Waals surface area (Å²) in [5, 5.41) is 16.1. The summed E-state index contributed by atoms with van der Waals surface area (Å²) in [6, 6.07) is 1.44. The molecule has 0 saturated heterocycles. The quantitative estimate of drug-likeness (QED) is 0.419. The lowest BCUT2D eigenvalue weighted by Crippen LogP contribution is -2.49. The Hall–Kier alpha value is -3.38. The minimum atomic E-state index is -0.886. The fourth-order valence-electron chi connectivity index (χ4n) is 3.89. The standard InChI is InChI=1S/C22H28F2N8O2/c1-22(2,34)12-31-9-7-16(28-31)20(33)30(3)8-5-4-6-17-26-19-14-10-13(23)11-15(24)18(14)27-21(25)32(19)29-17/h7,9-11,16,28,34H,4-6,8,12H2,1-3H3,(H2,25,27). The Balaban J connectivity index is 1.33. The van der Waals surface area contributed by atoms with Gasteiger partial charge in [0.05, 0.1) is 17.5 Å². The van der Waals surface area contributed by atoms with Crippen molar-refractivity contribution >= 4 is 28.4 Å². The number of benzene rings is 1. The zero-order valence-corrected chi connectivity index (χ0v) is 19.3. The van der Waals surface area contributed by atoms with Crippen LogP contribution in [-0.4, -0.2) is 72.3 Å². The second-order valence-corrected chi connectivity index (χ2v) is 9.12. The second kappa shape index (κ2) is 9.11. The Morgan fingerprint density at radius 1 is 1.29 bits per heavy atom.